The van der Waals surface area contributed by atoms with Gasteiger partial charge in [0, 0.05) is 22.9 Å². The van der Waals surface area contributed by atoms with Crippen LogP contribution in [0.5, 0.6) is 0 Å². The Morgan fingerprint density at radius 3 is 2.52 bits per heavy atom. The van der Waals surface area contributed by atoms with Gasteiger partial charge in [-0.2, -0.15) is 0 Å². The zero-order valence-electron chi connectivity index (χ0n) is 18.5. The maximum Gasteiger partial charge on any atom is 0.254 e. The summed E-state index contributed by atoms with van der Waals surface area (Å²) in [5.41, 5.74) is 2.10. The van der Waals surface area contributed by atoms with Crippen LogP contribution < -0.4 is 5.32 Å². The first-order valence-corrected chi connectivity index (χ1v) is 11.2. The summed E-state index contributed by atoms with van der Waals surface area (Å²) >= 11 is 0. The first-order valence-electron chi connectivity index (χ1n) is 11.2. The molecule has 0 unspecified atom stereocenters. The number of fused-ring (bicyclic) bond motifs is 1. The van der Waals surface area contributed by atoms with Crippen LogP contribution in [0.2, 0.25) is 0 Å². The predicted octanol–water partition coefficient (Wildman–Crippen LogP) is 5.18. The Morgan fingerprint density at radius 2 is 1.84 bits per heavy atom. The van der Waals surface area contributed by atoms with E-state index >= 15 is 0 Å². The van der Waals surface area contributed by atoms with Crippen molar-refractivity contribution in [2.45, 2.75) is 70.4 Å². The number of ketones is 1. The molecule has 1 heterocycles. The summed E-state index contributed by atoms with van der Waals surface area (Å²) in [6.07, 6.45) is 4.49. The summed E-state index contributed by atoms with van der Waals surface area (Å²) in [5.74, 6) is -0.566. The molecular formula is C26H30N2O3. The number of hydrogen-bond donors (Lipinski definition) is 1. The molecule has 0 saturated heterocycles. The maximum absolute atomic E-state index is 13.8. The fraction of sp³-hybridized carbons (Fsp3) is 0.423. The summed E-state index contributed by atoms with van der Waals surface area (Å²) in [6, 6.07) is 14.6. The van der Waals surface area contributed by atoms with Gasteiger partial charge in [0.1, 0.15) is 0 Å². The molecule has 2 aromatic rings. The molecule has 0 aromatic heterocycles. The van der Waals surface area contributed by atoms with Gasteiger partial charge in [-0.1, -0.05) is 50.1 Å². The van der Waals surface area contributed by atoms with E-state index in [2.05, 4.69) is 19.2 Å². The van der Waals surface area contributed by atoms with E-state index in [9.17, 15) is 14.4 Å². The van der Waals surface area contributed by atoms with Crippen molar-refractivity contribution in [3.8, 4) is 0 Å². The van der Waals surface area contributed by atoms with Gasteiger partial charge in [0.05, 0.1) is 11.5 Å². The molecule has 2 amide bonds. The highest BCUT2D eigenvalue weighted by molar-refractivity contribution is 6.05. The van der Waals surface area contributed by atoms with Gasteiger partial charge >= 0.3 is 0 Å². The molecule has 31 heavy (non-hydrogen) atoms. The van der Waals surface area contributed by atoms with Gasteiger partial charge < -0.3 is 10.2 Å². The zero-order chi connectivity index (χ0) is 22.2. The highest BCUT2D eigenvalue weighted by atomic mass is 16.2. The van der Waals surface area contributed by atoms with Crippen molar-refractivity contribution < 1.29 is 14.4 Å². The van der Waals surface area contributed by atoms with Crippen LogP contribution in [-0.2, 0) is 4.79 Å². The van der Waals surface area contributed by atoms with Gasteiger partial charge in [-0.15, -0.1) is 0 Å². The molecule has 162 valence electrons. The normalized spacial score (nSPS) is 20.4. The third-order valence-corrected chi connectivity index (χ3v) is 7.04. The second-order valence-corrected chi connectivity index (χ2v) is 8.89. The molecule has 4 rings (SSSR count). The van der Waals surface area contributed by atoms with Crippen molar-refractivity contribution in [3.05, 3.63) is 65.2 Å². The number of anilines is 1. The van der Waals surface area contributed by atoms with E-state index in [1.807, 2.05) is 29.2 Å². The van der Waals surface area contributed by atoms with E-state index in [1.54, 1.807) is 24.3 Å². The highest BCUT2D eigenvalue weighted by Crippen LogP contribution is 2.51. The summed E-state index contributed by atoms with van der Waals surface area (Å²) in [4.78, 5) is 41.2. The largest absolute Gasteiger partial charge is 0.329 e. The topological polar surface area (TPSA) is 66.5 Å². The van der Waals surface area contributed by atoms with Crippen LogP contribution in [0.3, 0.4) is 0 Å². The Bertz CT molecular complexity index is 1020. The lowest BCUT2D eigenvalue weighted by atomic mass is 9.70. The van der Waals surface area contributed by atoms with Crippen molar-refractivity contribution in [1.29, 1.82) is 0 Å². The number of hydrogen-bond acceptors (Lipinski definition) is 3. The average molecular weight is 419 g/mol. The lowest BCUT2D eigenvalue weighted by Gasteiger charge is -2.52. The quantitative estimate of drug-likeness (QED) is 0.681. The van der Waals surface area contributed by atoms with Crippen LogP contribution in [0.15, 0.2) is 48.5 Å². The van der Waals surface area contributed by atoms with Crippen molar-refractivity contribution in [2.24, 2.45) is 0 Å². The van der Waals surface area contributed by atoms with E-state index in [1.165, 1.54) is 6.92 Å². The summed E-state index contributed by atoms with van der Waals surface area (Å²) in [7, 11) is 0. The molecule has 2 atom stereocenters. The molecule has 0 bridgehead atoms. The molecule has 1 N–H and O–H groups in total. The summed E-state index contributed by atoms with van der Waals surface area (Å²) in [6.45, 7) is 5.68. The molecule has 1 aliphatic carbocycles. The van der Waals surface area contributed by atoms with Crippen molar-refractivity contribution in [1.82, 2.24) is 4.90 Å². The monoisotopic (exact) mass is 418 g/mol. The maximum atomic E-state index is 13.8. The smallest absolute Gasteiger partial charge is 0.254 e. The van der Waals surface area contributed by atoms with Gasteiger partial charge in [-0.3, -0.25) is 14.4 Å². The van der Waals surface area contributed by atoms with E-state index < -0.39 is 11.5 Å². The SMILES string of the molecule is CC[C@H](C)N1C(=O)c2ccccc2[C@@H](C(=O)Nc2cccc(C(C)=O)c2)C12CCCC2. The number of nitrogens with one attached hydrogen (secondary N) is 1. The molecule has 5 heteroatoms. The Kier molecular flexibility index (Phi) is 5.69. The predicted molar refractivity (Wildman–Crippen MR) is 121 cm³/mol. The Balaban J connectivity index is 1.80. The van der Waals surface area contributed by atoms with Crippen LogP contribution in [-0.4, -0.2) is 34.1 Å². The lowest BCUT2D eigenvalue weighted by molar-refractivity contribution is -0.121. The second-order valence-electron chi connectivity index (χ2n) is 8.89. The minimum atomic E-state index is -0.511. The minimum absolute atomic E-state index is 0.0366. The number of Topliss-reactive ketones (excluding diaryl/α,β-unsaturated/α-hetero) is 1. The van der Waals surface area contributed by atoms with E-state index in [0.717, 1.165) is 37.7 Å². The van der Waals surface area contributed by atoms with E-state index in [4.69, 9.17) is 0 Å². The van der Waals surface area contributed by atoms with Crippen LogP contribution in [0.4, 0.5) is 5.69 Å². The van der Waals surface area contributed by atoms with Gasteiger partial charge in [-0.25, -0.2) is 0 Å². The number of amides is 2. The average Bonchev–Trinajstić information content (AvgIpc) is 3.23. The second kappa shape index (κ2) is 8.29. The lowest BCUT2D eigenvalue weighted by Crippen LogP contribution is -2.62. The number of nitrogens with zero attached hydrogens (tertiary/aromatic N) is 1. The Hall–Kier alpha value is -2.95. The van der Waals surface area contributed by atoms with Gasteiger partial charge in [0.2, 0.25) is 5.91 Å². The first-order chi connectivity index (χ1) is 14.9. The standard InChI is InChI=1S/C26H30N2O3/c1-4-17(2)28-25(31)22-13-6-5-12-21(22)23(26(28)14-7-8-15-26)24(30)27-20-11-9-10-19(16-20)18(3)29/h5-6,9-13,16-17,23H,4,7-8,14-15H2,1-3H3,(H,27,30)/t17-,23-/m0/s1. The number of carbonyl (C=O) groups excluding carboxylic acids is 3. The third-order valence-electron chi connectivity index (χ3n) is 7.04. The third kappa shape index (κ3) is 3.56. The van der Waals surface area contributed by atoms with E-state index in [-0.39, 0.29) is 23.6 Å². The van der Waals surface area contributed by atoms with Crippen LogP contribution in [0.25, 0.3) is 0 Å². The molecule has 1 fully saturated rings. The Labute approximate surface area is 183 Å². The minimum Gasteiger partial charge on any atom is -0.329 e. The van der Waals surface area contributed by atoms with Crippen LogP contribution >= 0.6 is 0 Å². The van der Waals surface area contributed by atoms with Crippen molar-refractivity contribution in [2.75, 3.05) is 5.32 Å². The van der Waals surface area contributed by atoms with E-state index in [0.29, 0.717) is 16.8 Å². The summed E-state index contributed by atoms with van der Waals surface area (Å²) in [5, 5.41) is 3.06. The molecule has 1 saturated carbocycles. The summed E-state index contributed by atoms with van der Waals surface area (Å²) < 4.78 is 0. The fourth-order valence-electron chi connectivity index (χ4n) is 5.46. The Morgan fingerprint density at radius 1 is 1.13 bits per heavy atom. The molecule has 1 spiro atoms. The zero-order valence-corrected chi connectivity index (χ0v) is 18.5. The molecule has 1 aliphatic heterocycles. The van der Waals surface area contributed by atoms with Crippen LogP contribution in [0.1, 0.15) is 85.1 Å². The molecule has 0 radical (unpaired) electrons. The van der Waals surface area contributed by atoms with Crippen LogP contribution in [0, 0.1) is 0 Å². The molecule has 2 aliphatic rings. The van der Waals surface area contributed by atoms with Gasteiger partial charge in [-0.05, 0) is 56.9 Å². The van der Waals surface area contributed by atoms with Crippen molar-refractivity contribution in [3.63, 3.8) is 0 Å². The first kappa shape index (κ1) is 21.3. The van der Waals surface area contributed by atoms with Gasteiger partial charge in [0.25, 0.3) is 5.91 Å². The fourth-order valence-corrected chi connectivity index (χ4v) is 5.46. The molecule has 5 nitrogen and oxygen atoms in total. The number of carbonyl (C=O) groups is 3. The van der Waals surface area contributed by atoms with Crippen molar-refractivity contribution >= 4 is 23.3 Å². The number of benzene rings is 2. The molecular weight excluding hydrogens is 388 g/mol. The highest BCUT2D eigenvalue weighted by Gasteiger charge is 2.56. The molecule has 2 aromatic carbocycles. The number of rotatable bonds is 5. The van der Waals surface area contributed by atoms with Gasteiger partial charge in [0.15, 0.2) is 5.78 Å².